The van der Waals surface area contributed by atoms with E-state index in [2.05, 4.69) is 10.1 Å². The molecular weight excluding hydrogens is 332 g/mol. The smallest absolute Gasteiger partial charge is 0.331 e. The maximum atomic E-state index is 11.8. The molecule has 0 amide bonds. The number of rotatable bonds is 5. The van der Waals surface area contributed by atoms with E-state index in [-0.39, 0.29) is 6.61 Å². The van der Waals surface area contributed by atoms with Gasteiger partial charge in [-0.2, -0.15) is 0 Å². The molecule has 4 aromatic rings. The van der Waals surface area contributed by atoms with Crippen LogP contribution in [0.15, 0.2) is 75.7 Å². The first-order valence-electron chi connectivity index (χ1n) is 7.99. The van der Waals surface area contributed by atoms with Crippen molar-refractivity contribution in [2.45, 2.75) is 6.61 Å². The summed E-state index contributed by atoms with van der Waals surface area (Å²) in [5, 5.41) is 3.90. The summed E-state index contributed by atoms with van der Waals surface area (Å²) in [5.41, 5.74) is 2.84. The Labute approximate surface area is 148 Å². The number of fused-ring (bicyclic) bond motifs is 1. The number of aromatic nitrogens is 2. The van der Waals surface area contributed by atoms with Crippen LogP contribution in [0.3, 0.4) is 0 Å². The summed E-state index contributed by atoms with van der Waals surface area (Å²) in [6.45, 7) is 0.0209. The molecule has 4 rings (SSSR count). The second-order valence-corrected chi connectivity index (χ2v) is 5.51. The van der Waals surface area contributed by atoms with Crippen molar-refractivity contribution in [3.63, 3.8) is 0 Å². The molecule has 0 bridgehead atoms. The van der Waals surface area contributed by atoms with Crippen LogP contribution in [0.5, 0.6) is 0 Å². The third-order valence-electron chi connectivity index (χ3n) is 3.65. The molecule has 0 saturated carbocycles. The number of benzene rings is 2. The van der Waals surface area contributed by atoms with Crippen LogP contribution in [0.4, 0.5) is 0 Å². The minimum atomic E-state index is -0.517. The highest BCUT2D eigenvalue weighted by Gasteiger charge is 2.08. The molecule has 0 radical (unpaired) electrons. The second kappa shape index (κ2) is 7.06. The lowest BCUT2D eigenvalue weighted by Gasteiger charge is -1.96. The Morgan fingerprint density at radius 1 is 1.08 bits per heavy atom. The van der Waals surface area contributed by atoms with Gasteiger partial charge in [0.05, 0.1) is 0 Å². The molecule has 0 N–H and O–H groups in total. The van der Waals surface area contributed by atoms with E-state index in [1.807, 2.05) is 54.6 Å². The zero-order chi connectivity index (χ0) is 17.8. The molecule has 0 aliphatic heterocycles. The molecule has 0 aliphatic carbocycles. The van der Waals surface area contributed by atoms with Crippen LogP contribution in [0.1, 0.15) is 11.6 Å². The van der Waals surface area contributed by atoms with Gasteiger partial charge in [0.25, 0.3) is 0 Å². The highest BCUT2D eigenvalue weighted by atomic mass is 16.5. The van der Waals surface area contributed by atoms with Gasteiger partial charge in [0.2, 0.25) is 5.89 Å². The summed E-state index contributed by atoms with van der Waals surface area (Å²) in [4.78, 5) is 16.1. The molecule has 0 atom stereocenters. The minimum absolute atomic E-state index is 0.0209. The Morgan fingerprint density at radius 3 is 2.73 bits per heavy atom. The van der Waals surface area contributed by atoms with E-state index in [0.29, 0.717) is 22.9 Å². The lowest BCUT2D eigenvalue weighted by Crippen LogP contribution is -2.00. The van der Waals surface area contributed by atoms with Crippen molar-refractivity contribution >= 4 is 23.1 Å². The van der Waals surface area contributed by atoms with Gasteiger partial charge in [-0.25, -0.2) is 9.78 Å². The number of carbonyl (C=O) groups excluding carboxylic acids is 1. The number of para-hydroxylation sites is 2. The molecule has 2 heterocycles. The molecule has 0 unspecified atom stereocenters. The van der Waals surface area contributed by atoms with Crippen molar-refractivity contribution in [2.24, 2.45) is 0 Å². The number of ether oxygens (including phenoxy) is 1. The van der Waals surface area contributed by atoms with Crippen LogP contribution < -0.4 is 0 Å². The molecule has 0 spiro atoms. The summed E-state index contributed by atoms with van der Waals surface area (Å²) in [6, 6.07) is 18.7. The quantitative estimate of drug-likeness (QED) is 0.397. The van der Waals surface area contributed by atoms with Gasteiger partial charge in [-0.1, -0.05) is 47.6 Å². The first kappa shape index (κ1) is 15.8. The van der Waals surface area contributed by atoms with Crippen molar-refractivity contribution < 1.29 is 18.5 Å². The number of carbonyl (C=O) groups is 1. The van der Waals surface area contributed by atoms with Gasteiger partial charge < -0.3 is 13.7 Å². The average Bonchev–Trinajstić information content (AvgIpc) is 3.32. The Hall–Kier alpha value is -3.67. The van der Waals surface area contributed by atoms with Crippen molar-refractivity contribution in [1.29, 1.82) is 0 Å². The average molecular weight is 346 g/mol. The van der Waals surface area contributed by atoms with E-state index in [4.69, 9.17) is 13.7 Å². The third kappa shape index (κ3) is 3.54. The molecule has 2 aromatic carbocycles. The Kier molecular flexibility index (Phi) is 4.30. The molecule has 0 aliphatic rings. The summed E-state index contributed by atoms with van der Waals surface area (Å²) in [5.74, 6) is 0.450. The van der Waals surface area contributed by atoms with Crippen LogP contribution in [0.2, 0.25) is 0 Å². The Balaban J connectivity index is 1.36. The van der Waals surface area contributed by atoms with E-state index < -0.39 is 5.97 Å². The fraction of sp³-hybridized carbons (Fsp3) is 0.0500. The Morgan fingerprint density at radius 2 is 1.88 bits per heavy atom. The predicted octanol–water partition coefficient (Wildman–Crippen LogP) is 4.24. The maximum Gasteiger partial charge on any atom is 0.331 e. The zero-order valence-corrected chi connectivity index (χ0v) is 13.7. The number of hydrogen-bond acceptors (Lipinski definition) is 6. The monoisotopic (exact) mass is 346 g/mol. The number of nitrogens with zero attached hydrogens (tertiary/aromatic N) is 2. The molecule has 128 valence electrons. The van der Waals surface area contributed by atoms with Crippen LogP contribution in [0.25, 0.3) is 28.5 Å². The number of esters is 1. The molecular formula is C20H14N2O4. The first-order valence-corrected chi connectivity index (χ1v) is 7.99. The van der Waals surface area contributed by atoms with E-state index >= 15 is 0 Å². The summed E-state index contributed by atoms with van der Waals surface area (Å²) in [6.07, 6.45) is 2.74. The number of hydrogen-bond donors (Lipinski definition) is 0. The normalized spacial score (nSPS) is 11.2. The summed E-state index contributed by atoms with van der Waals surface area (Å²) >= 11 is 0. The van der Waals surface area contributed by atoms with Gasteiger partial charge in [0.1, 0.15) is 17.8 Å². The summed E-state index contributed by atoms with van der Waals surface area (Å²) < 4.78 is 15.9. The Bertz CT molecular complexity index is 1030. The van der Waals surface area contributed by atoms with Crippen LogP contribution >= 0.6 is 0 Å². The topological polar surface area (TPSA) is 78.4 Å². The lowest BCUT2D eigenvalue weighted by atomic mass is 10.2. The first-order chi connectivity index (χ1) is 12.8. The predicted molar refractivity (Wildman–Crippen MR) is 94.8 cm³/mol. The zero-order valence-electron chi connectivity index (χ0n) is 13.7. The molecule has 26 heavy (non-hydrogen) atoms. The van der Waals surface area contributed by atoms with E-state index in [1.54, 1.807) is 6.07 Å². The minimum Gasteiger partial charge on any atom is -0.456 e. The second-order valence-electron chi connectivity index (χ2n) is 5.51. The van der Waals surface area contributed by atoms with Crippen molar-refractivity contribution in [2.75, 3.05) is 0 Å². The van der Waals surface area contributed by atoms with E-state index in [9.17, 15) is 4.79 Å². The van der Waals surface area contributed by atoms with Crippen molar-refractivity contribution in [3.05, 3.63) is 78.3 Å². The van der Waals surface area contributed by atoms with Gasteiger partial charge in [0, 0.05) is 23.8 Å². The molecule has 0 saturated heterocycles. The van der Waals surface area contributed by atoms with Gasteiger partial charge in [0.15, 0.2) is 11.3 Å². The maximum absolute atomic E-state index is 11.8. The van der Waals surface area contributed by atoms with Crippen LogP contribution in [-0.2, 0) is 16.1 Å². The fourth-order valence-electron chi connectivity index (χ4n) is 2.41. The van der Waals surface area contributed by atoms with Crippen LogP contribution in [0, 0.1) is 0 Å². The largest absolute Gasteiger partial charge is 0.456 e. The molecule has 2 aromatic heterocycles. The van der Waals surface area contributed by atoms with E-state index in [0.717, 1.165) is 11.1 Å². The van der Waals surface area contributed by atoms with Gasteiger partial charge in [-0.05, 0) is 12.1 Å². The van der Waals surface area contributed by atoms with Gasteiger partial charge >= 0.3 is 5.97 Å². The molecule has 0 fully saturated rings. The molecule has 6 heteroatoms. The summed E-state index contributed by atoms with van der Waals surface area (Å²) in [7, 11) is 0. The van der Waals surface area contributed by atoms with Crippen molar-refractivity contribution in [3.8, 4) is 11.3 Å². The highest BCUT2D eigenvalue weighted by molar-refractivity contribution is 5.86. The fourth-order valence-corrected chi connectivity index (χ4v) is 2.41. The van der Waals surface area contributed by atoms with E-state index in [1.165, 1.54) is 12.2 Å². The highest BCUT2D eigenvalue weighted by Crippen LogP contribution is 2.20. The lowest BCUT2D eigenvalue weighted by molar-refractivity contribution is -0.139. The standard InChI is InChI=1S/C20H14N2O4/c23-20(11-10-19-21-16-8-4-5-9-17(16)25-19)24-13-15-12-18(26-22-15)14-6-2-1-3-7-14/h1-12H,13H2/b11-10+. The van der Waals surface area contributed by atoms with Gasteiger partial charge in [-0.3, -0.25) is 0 Å². The van der Waals surface area contributed by atoms with Gasteiger partial charge in [-0.15, -0.1) is 0 Å². The van der Waals surface area contributed by atoms with Crippen molar-refractivity contribution in [1.82, 2.24) is 10.1 Å². The molecule has 6 nitrogen and oxygen atoms in total. The SMILES string of the molecule is O=C(/C=C/c1nc2ccccc2o1)OCc1cc(-c2ccccc2)on1. The van der Waals surface area contributed by atoms with Crippen LogP contribution in [-0.4, -0.2) is 16.1 Å². The number of oxazole rings is 1. The third-order valence-corrected chi connectivity index (χ3v) is 3.65.